The SMILES string of the molecule is O=C(c1ccc(S(=O)(=O)N2CCCCCC2)cc1)N1CCN(c2cccc[nH+]2)CC1. The summed E-state index contributed by atoms with van der Waals surface area (Å²) >= 11 is 0. The van der Waals surface area contributed by atoms with Crippen molar-refractivity contribution in [3.8, 4) is 0 Å². The van der Waals surface area contributed by atoms with Crippen LogP contribution in [0.2, 0.25) is 0 Å². The maximum Gasteiger partial charge on any atom is 0.274 e. The molecule has 7 nitrogen and oxygen atoms in total. The molecule has 8 heteroatoms. The highest BCUT2D eigenvalue weighted by Gasteiger charge is 2.28. The summed E-state index contributed by atoms with van der Waals surface area (Å²) in [7, 11) is -3.49. The number of H-pyrrole nitrogens is 1. The molecule has 2 aromatic rings. The monoisotopic (exact) mass is 429 g/mol. The van der Waals surface area contributed by atoms with Gasteiger partial charge in [-0.1, -0.05) is 18.9 Å². The molecule has 0 saturated carbocycles. The minimum atomic E-state index is -3.49. The van der Waals surface area contributed by atoms with Gasteiger partial charge in [-0.05, 0) is 43.2 Å². The van der Waals surface area contributed by atoms with Gasteiger partial charge in [-0.15, -0.1) is 0 Å². The van der Waals surface area contributed by atoms with E-state index in [1.54, 1.807) is 28.6 Å². The van der Waals surface area contributed by atoms with E-state index in [2.05, 4.69) is 9.88 Å². The molecule has 2 fully saturated rings. The fourth-order valence-electron chi connectivity index (χ4n) is 4.11. The largest absolute Gasteiger partial charge is 0.331 e. The third-order valence-electron chi connectivity index (χ3n) is 5.90. The number of hydrogen-bond donors (Lipinski definition) is 0. The predicted molar refractivity (Wildman–Crippen MR) is 115 cm³/mol. The van der Waals surface area contributed by atoms with Gasteiger partial charge < -0.3 is 4.90 Å². The second-order valence-electron chi connectivity index (χ2n) is 7.87. The maximum atomic E-state index is 12.9. The zero-order chi connectivity index (χ0) is 21.0. The number of anilines is 1. The van der Waals surface area contributed by atoms with Crippen LogP contribution in [0.4, 0.5) is 5.82 Å². The summed E-state index contributed by atoms with van der Waals surface area (Å²) in [4.78, 5) is 20.4. The van der Waals surface area contributed by atoms with E-state index in [4.69, 9.17) is 0 Å². The Labute approximate surface area is 178 Å². The molecule has 2 saturated heterocycles. The van der Waals surface area contributed by atoms with Crippen molar-refractivity contribution in [1.82, 2.24) is 9.21 Å². The second kappa shape index (κ2) is 9.14. The normalized spacial score (nSPS) is 18.8. The van der Waals surface area contributed by atoms with E-state index in [9.17, 15) is 13.2 Å². The molecule has 0 spiro atoms. The minimum Gasteiger partial charge on any atom is -0.331 e. The number of piperazine rings is 1. The van der Waals surface area contributed by atoms with E-state index in [-0.39, 0.29) is 10.8 Å². The Kier molecular flexibility index (Phi) is 6.34. The molecule has 0 atom stereocenters. The zero-order valence-electron chi connectivity index (χ0n) is 17.2. The number of aromatic nitrogens is 1. The van der Waals surface area contributed by atoms with Crippen molar-refractivity contribution in [2.24, 2.45) is 0 Å². The Bertz CT molecular complexity index is 948. The predicted octanol–water partition coefficient (Wildman–Crippen LogP) is 2.03. The van der Waals surface area contributed by atoms with Crippen LogP contribution in [0.25, 0.3) is 0 Å². The van der Waals surface area contributed by atoms with E-state index in [1.807, 2.05) is 29.3 Å². The van der Waals surface area contributed by atoms with Gasteiger partial charge in [0, 0.05) is 24.7 Å². The Balaban J connectivity index is 1.40. The van der Waals surface area contributed by atoms with Crippen molar-refractivity contribution in [3.05, 3.63) is 54.2 Å². The van der Waals surface area contributed by atoms with Crippen LogP contribution in [0, 0.1) is 0 Å². The Morgan fingerprint density at radius 3 is 2.07 bits per heavy atom. The number of amides is 1. The number of hydrogen-bond acceptors (Lipinski definition) is 4. The second-order valence-corrected chi connectivity index (χ2v) is 9.81. The topological polar surface area (TPSA) is 75.1 Å². The summed E-state index contributed by atoms with van der Waals surface area (Å²) in [6.07, 6.45) is 5.86. The highest BCUT2D eigenvalue weighted by molar-refractivity contribution is 7.89. The molecule has 4 rings (SSSR count). The van der Waals surface area contributed by atoms with Crippen LogP contribution in [0.3, 0.4) is 0 Å². The molecular weight excluding hydrogens is 400 g/mol. The van der Waals surface area contributed by atoms with Gasteiger partial charge in [0.1, 0.15) is 13.1 Å². The van der Waals surface area contributed by atoms with Gasteiger partial charge in [0.05, 0.1) is 24.2 Å². The summed E-state index contributed by atoms with van der Waals surface area (Å²) in [6, 6.07) is 12.4. The fourth-order valence-corrected chi connectivity index (χ4v) is 5.63. The Morgan fingerprint density at radius 2 is 1.47 bits per heavy atom. The van der Waals surface area contributed by atoms with E-state index in [1.165, 1.54) is 0 Å². The quantitative estimate of drug-likeness (QED) is 0.745. The first-order valence-electron chi connectivity index (χ1n) is 10.7. The van der Waals surface area contributed by atoms with Gasteiger partial charge in [0.25, 0.3) is 11.7 Å². The summed E-state index contributed by atoms with van der Waals surface area (Å²) in [5.41, 5.74) is 0.532. The number of pyridine rings is 1. The standard InChI is InChI=1S/C22H28N4O3S/c27-22(25-17-15-24(16-18-25)21-7-3-4-12-23-21)19-8-10-20(11-9-19)30(28,29)26-13-5-1-2-6-14-26/h3-4,7-12H,1-2,5-6,13-18H2/p+1. The summed E-state index contributed by atoms with van der Waals surface area (Å²) in [5, 5.41) is 0. The first-order valence-corrected chi connectivity index (χ1v) is 12.1. The molecule has 1 aromatic heterocycles. The lowest BCUT2D eigenvalue weighted by atomic mass is 10.2. The molecule has 1 aromatic carbocycles. The van der Waals surface area contributed by atoms with E-state index < -0.39 is 10.0 Å². The molecule has 0 unspecified atom stereocenters. The van der Waals surface area contributed by atoms with Crippen LogP contribution in [0.1, 0.15) is 36.0 Å². The van der Waals surface area contributed by atoms with Gasteiger partial charge >= 0.3 is 0 Å². The lowest BCUT2D eigenvalue weighted by molar-refractivity contribution is -0.364. The first kappa shape index (κ1) is 20.8. The van der Waals surface area contributed by atoms with Crippen LogP contribution in [0.5, 0.6) is 0 Å². The molecule has 160 valence electrons. The molecule has 0 aliphatic carbocycles. The Hall–Kier alpha value is -2.45. The highest BCUT2D eigenvalue weighted by atomic mass is 32.2. The van der Waals surface area contributed by atoms with Gasteiger partial charge in [0.15, 0.2) is 0 Å². The number of nitrogens with one attached hydrogen (secondary N) is 1. The number of carbonyl (C=O) groups excluding carboxylic acids is 1. The number of aromatic amines is 1. The van der Waals surface area contributed by atoms with Crippen molar-refractivity contribution in [2.75, 3.05) is 44.2 Å². The molecule has 1 N–H and O–H groups in total. The molecule has 0 radical (unpaired) electrons. The Morgan fingerprint density at radius 1 is 0.800 bits per heavy atom. The fraction of sp³-hybridized carbons (Fsp3) is 0.455. The minimum absolute atomic E-state index is 0.0505. The van der Waals surface area contributed by atoms with Crippen molar-refractivity contribution in [1.29, 1.82) is 0 Å². The lowest BCUT2D eigenvalue weighted by Crippen LogP contribution is -2.50. The highest BCUT2D eigenvalue weighted by Crippen LogP contribution is 2.21. The average Bonchev–Trinajstić information content (AvgIpc) is 3.10. The van der Waals surface area contributed by atoms with Crippen LogP contribution < -0.4 is 9.88 Å². The van der Waals surface area contributed by atoms with Gasteiger partial charge in [-0.25, -0.2) is 13.4 Å². The summed E-state index contributed by atoms with van der Waals surface area (Å²) < 4.78 is 27.4. The third kappa shape index (κ3) is 4.49. The molecule has 30 heavy (non-hydrogen) atoms. The van der Waals surface area contributed by atoms with Crippen molar-refractivity contribution >= 4 is 21.7 Å². The lowest BCUT2D eigenvalue weighted by Gasteiger charge is -2.31. The number of nitrogens with zero attached hydrogens (tertiary/aromatic N) is 3. The molecule has 2 aliphatic rings. The van der Waals surface area contributed by atoms with E-state index in [0.717, 1.165) is 44.6 Å². The number of sulfonamides is 1. The maximum absolute atomic E-state index is 12.9. The number of rotatable bonds is 4. The molecule has 0 bridgehead atoms. The van der Waals surface area contributed by atoms with Crippen molar-refractivity contribution < 1.29 is 18.2 Å². The van der Waals surface area contributed by atoms with E-state index in [0.29, 0.717) is 31.7 Å². The summed E-state index contributed by atoms with van der Waals surface area (Å²) in [6.45, 7) is 3.93. The molecule has 3 heterocycles. The van der Waals surface area contributed by atoms with Crippen LogP contribution in [0.15, 0.2) is 53.6 Å². The zero-order valence-corrected chi connectivity index (χ0v) is 18.0. The van der Waals surface area contributed by atoms with Crippen molar-refractivity contribution in [2.45, 2.75) is 30.6 Å². The van der Waals surface area contributed by atoms with Gasteiger partial charge in [-0.3, -0.25) is 9.69 Å². The first-order chi connectivity index (χ1) is 14.6. The van der Waals surface area contributed by atoms with Gasteiger partial charge in [-0.2, -0.15) is 4.31 Å². The van der Waals surface area contributed by atoms with Crippen LogP contribution >= 0.6 is 0 Å². The summed E-state index contributed by atoms with van der Waals surface area (Å²) in [5.74, 6) is 0.998. The van der Waals surface area contributed by atoms with Crippen LogP contribution in [-0.2, 0) is 10.0 Å². The number of benzene rings is 1. The van der Waals surface area contributed by atoms with E-state index >= 15 is 0 Å². The smallest absolute Gasteiger partial charge is 0.274 e. The van der Waals surface area contributed by atoms with Crippen LogP contribution in [-0.4, -0.2) is 62.8 Å². The number of carbonyl (C=O) groups is 1. The molecular formula is C22H29N4O3S+. The van der Waals surface area contributed by atoms with Crippen molar-refractivity contribution in [3.63, 3.8) is 0 Å². The molecule has 1 amide bonds. The third-order valence-corrected chi connectivity index (χ3v) is 7.82. The van der Waals surface area contributed by atoms with Gasteiger partial charge in [0.2, 0.25) is 10.0 Å². The average molecular weight is 430 g/mol. The molecule has 2 aliphatic heterocycles.